The molecule has 0 aromatic carbocycles. The van der Waals surface area contributed by atoms with Crippen molar-refractivity contribution < 1.29 is 4.39 Å². The van der Waals surface area contributed by atoms with Gasteiger partial charge in [0.05, 0.1) is 0 Å². The van der Waals surface area contributed by atoms with E-state index in [1.165, 1.54) is 32.5 Å². The van der Waals surface area contributed by atoms with Crippen molar-refractivity contribution in [2.75, 3.05) is 39.3 Å². The third-order valence-electron chi connectivity index (χ3n) is 3.45. The molecule has 82 valence electrons. The highest BCUT2D eigenvalue weighted by atomic mass is 19.1. The molecule has 0 spiro atoms. The maximum absolute atomic E-state index is 12.9. The summed E-state index contributed by atoms with van der Waals surface area (Å²) in [5.41, 5.74) is 0. The van der Waals surface area contributed by atoms with Crippen LogP contribution in [0.3, 0.4) is 0 Å². The van der Waals surface area contributed by atoms with Crippen molar-refractivity contribution in [3.05, 3.63) is 0 Å². The van der Waals surface area contributed by atoms with Crippen LogP contribution in [0.25, 0.3) is 0 Å². The minimum absolute atomic E-state index is 0.530. The first kappa shape index (κ1) is 10.4. The first-order valence-corrected chi connectivity index (χ1v) is 5.93. The summed E-state index contributed by atoms with van der Waals surface area (Å²) >= 11 is 0. The molecule has 0 aromatic heterocycles. The molecular formula is C11H21FN2. The molecule has 0 bridgehead atoms. The Kier molecular flexibility index (Phi) is 3.76. The van der Waals surface area contributed by atoms with Gasteiger partial charge in [0, 0.05) is 26.2 Å². The molecular weight excluding hydrogens is 179 g/mol. The lowest BCUT2D eigenvalue weighted by atomic mass is 10.1. The van der Waals surface area contributed by atoms with E-state index >= 15 is 0 Å². The highest BCUT2D eigenvalue weighted by Gasteiger charge is 2.19. The second-order valence-electron chi connectivity index (χ2n) is 4.57. The summed E-state index contributed by atoms with van der Waals surface area (Å²) in [7, 11) is 0. The van der Waals surface area contributed by atoms with Gasteiger partial charge in [-0.15, -0.1) is 0 Å². The SMILES string of the molecule is FC1CCN(CCN2CCCC2)CC1. The lowest BCUT2D eigenvalue weighted by Crippen LogP contribution is -2.39. The standard InChI is InChI=1S/C11H21FN2/c12-11-3-7-14(8-4-11)10-9-13-5-1-2-6-13/h11H,1-10H2. The van der Waals surface area contributed by atoms with Crippen LogP contribution in [-0.2, 0) is 0 Å². The summed E-state index contributed by atoms with van der Waals surface area (Å²) in [6, 6.07) is 0. The van der Waals surface area contributed by atoms with Crippen LogP contribution in [0.15, 0.2) is 0 Å². The fourth-order valence-corrected chi connectivity index (χ4v) is 2.41. The Morgan fingerprint density at radius 1 is 0.857 bits per heavy atom. The van der Waals surface area contributed by atoms with E-state index in [0.29, 0.717) is 0 Å². The highest BCUT2D eigenvalue weighted by Crippen LogP contribution is 2.13. The molecule has 2 rings (SSSR count). The Balaban J connectivity index is 1.60. The lowest BCUT2D eigenvalue weighted by molar-refractivity contribution is 0.138. The van der Waals surface area contributed by atoms with Gasteiger partial charge < -0.3 is 9.80 Å². The summed E-state index contributed by atoms with van der Waals surface area (Å²) in [4.78, 5) is 4.94. The van der Waals surface area contributed by atoms with E-state index in [0.717, 1.165) is 32.5 Å². The van der Waals surface area contributed by atoms with E-state index in [4.69, 9.17) is 0 Å². The number of alkyl halides is 1. The van der Waals surface area contributed by atoms with Gasteiger partial charge in [-0.05, 0) is 38.8 Å². The maximum Gasteiger partial charge on any atom is 0.103 e. The van der Waals surface area contributed by atoms with Crippen LogP contribution >= 0.6 is 0 Å². The van der Waals surface area contributed by atoms with Crippen LogP contribution < -0.4 is 0 Å². The van der Waals surface area contributed by atoms with Crippen LogP contribution in [-0.4, -0.2) is 55.2 Å². The number of rotatable bonds is 3. The van der Waals surface area contributed by atoms with Gasteiger partial charge in [-0.25, -0.2) is 4.39 Å². The molecule has 0 N–H and O–H groups in total. The number of likely N-dealkylation sites (tertiary alicyclic amines) is 2. The quantitative estimate of drug-likeness (QED) is 0.681. The molecule has 3 heteroatoms. The van der Waals surface area contributed by atoms with E-state index in [1.54, 1.807) is 0 Å². The maximum atomic E-state index is 12.9. The molecule has 2 heterocycles. The lowest BCUT2D eigenvalue weighted by Gasteiger charge is -2.29. The Morgan fingerprint density at radius 3 is 1.93 bits per heavy atom. The molecule has 2 fully saturated rings. The largest absolute Gasteiger partial charge is 0.302 e. The number of hydrogen-bond donors (Lipinski definition) is 0. The number of halogens is 1. The molecule has 2 saturated heterocycles. The van der Waals surface area contributed by atoms with Gasteiger partial charge in [0.1, 0.15) is 6.17 Å². The molecule has 2 aliphatic rings. The zero-order valence-corrected chi connectivity index (χ0v) is 8.92. The van der Waals surface area contributed by atoms with E-state index in [9.17, 15) is 4.39 Å². The fraction of sp³-hybridized carbons (Fsp3) is 1.00. The van der Waals surface area contributed by atoms with Crippen LogP contribution in [0.5, 0.6) is 0 Å². The monoisotopic (exact) mass is 200 g/mol. The molecule has 0 unspecified atom stereocenters. The Morgan fingerprint density at radius 2 is 1.36 bits per heavy atom. The number of piperidine rings is 1. The average molecular weight is 200 g/mol. The van der Waals surface area contributed by atoms with E-state index in [2.05, 4.69) is 9.80 Å². The fourth-order valence-electron chi connectivity index (χ4n) is 2.41. The van der Waals surface area contributed by atoms with Crippen molar-refractivity contribution in [3.8, 4) is 0 Å². The summed E-state index contributed by atoms with van der Waals surface area (Å²) in [5.74, 6) is 0. The van der Waals surface area contributed by atoms with Gasteiger partial charge in [-0.2, -0.15) is 0 Å². The predicted octanol–water partition coefficient (Wildman–Crippen LogP) is 1.52. The van der Waals surface area contributed by atoms with Gasteiger partial charge >= 0.3 is 0 Å². The van der Waals surface area contributed by atoms with E-state index < -0.39 is 6.17 Å². The summed E-state index contributed by atoms with van der Waals surface area (Å²) in [5, 5.41) is 0. The molecule has 0 amide bonds. The molecule has 0 aliphatic carbocycles. The first-order valence-electron chi connectivity index (χ1n) is 5.93. The number of hydrogen-bond acceptors (Lipinski definition) is 2. The van der Waals surface area contributed by atoms with Crippen molar-refractivity contribution in [1.82, 2.24) is 9.80 Å². The van der Waals surface area contributed by atoms with Crippen LogP contribution in [0.4, 0.5) is 4.39 Å². The first-order chi connectivity index (χ1) is 6.84. The Hall–Kier alpha value is -0.150. The zero-order chi connectivity index (χ0) is 9.80. The summed E-state index contributed by atoms with van der Waals surface area (Å²) in [6.45, 7) is 6.83. The molecule has 0 aromatic rings. The average Bonchev–Trinajstić information content (AvgIpc) is 2.70. The van der Waals surface area contributed by atoms with Crippen LogP contribution in [0.2, 0.25) is 0 Å². The zero-order valence-electron chi connectivity index (χ0n) is 8.92. The normalized spacial score (nSPS) is 27.2. The molecule has 0 atom stereocenters. The molecule has 14 heavy (non-hydrogen) atoms. The van der Waals surface area contributed by atoms with Crippen molar-refractivity contribution in [1.29, 1.82) is 0 Å². The molecule has 0 radical (unpaired) electrons. The highest BCUT2D eigenvalue weighted by molar-refractivity contribution is 4.73. The van der Waals surface area contributed by atoms with E-state index in [-0.39, 0.29) is 0 Å². The third-order valence-corrected chi connectivity index (χ3v) is 3.45. The minimum Gasteiger partial charge on any atom is -0.302 e. The van der Waals surface area contributed by atoms with Crippen molar-refractivity contribution in [3.63, 3.8) is 0 Å². The topological polar surface area (TPSA) is 6.48 Å². The van der Waals surface area contributed by atoms with Crippen molar-refractivity contribution >= 4 is 0 Å². The van der Waals surface area contributed by atoms with Gasteiger partial charge in [0.2, 0.25) is 0 Å². The van der Waals surface area contributed by atoms with Crippen LogP contribution in [0, 0.1) is 0 Å². The minimum atomic E-state index is -0.530. The summed E-state index contributed by atoms with van der Waals surface area (Å²) in [6.07, 6.45) is 3.71. The van der Waals surface area contributed by atoms with E-state index in [1.807, 2.05) is 0 Å². The molecule has 0 saturated carbocycles. The molecule has 2 nitrogen and oxygen atoms in total. The summed E-state index contributed by atoms with van der Waals surface area (Å²) < 4.78 is 12.9. The Labute approximate surface area is 86.1 Å². The smallest absolute Gasteiger partial charge is 0.103 e. The Bertz CT molecular complexity index is 161. The second-order valence-corrected chi connectivity index (χ2v) is 4.57. The van der Waals surface area contributed by atoms with Crippen LogP contribution in [0.1, 0.15) is 25.7 Å². The predicted molar refractivity (Wildman–Crippen MR) is 56.2 cm³/mol. The van der Waals surface area contributed by atoms with Gasteiger partial charge in [0.15, 0.2) is 0 Å². The van der Waals surface area contributed by atoms with Crippen molar-refractivity contribution in [2.24, 2.45) is 0 Å². The molecule has 2 aliphatic heterocycles. The second kappa shape index (κ2) is 5.08. The number of nitrogens with zero attached hydrogens (tertiary/aromatic N) is 2. The van der Waals surface area contributed by atoms with Gasteiger partial charge in [-0.1, -0.05) is 0 Å². The van der Waals surface area contributed by atoms with Crippen molar-refractivity contribution in [2.45, 2.75) is 31.9 Å². The third kappa shape index (κ3) is 2.92. The van der Waals surface area contributed by atoms with Gasteiger partial charge in [0.25, 0.3) is 0 Å². The van der Waals surface area contributed by atoms with Gasteiger partial charge in [-0.3, -0.25) is 0 Å².